The molecule has 3 aromatic carbocycles. The monoisotopic (exact) mass is 632 g/mol. The Hall–Kier alpha value is -3.02. The Morgan fingerprint density at radius 2 is 1.02 bits per heavy atom. The number of thiophene rings is 4. The van der Waals surface area contributed by atoms with Crippen molar-refractivity contribution < 1.29 is 0 Å². The minimum absolute atomic E-state index is 0.225. The molecule has 0 radical (unpaired) electrons. The summed E-state index contributed by atoms with van der Waals surface area (Å²) in [6.07, 6.45) is 2.18. The zero-order valence-corrected chi connectivity index (χ0v) is 28.6. The van der Waals surface area contributed by atoms with Crippen LogP contribution in [-0.4, -0.2) is 0 Å². The van der Waals surface area contributed by atoms with Crippen molar-refractivity contribution in [3.63, 3.8) is 0 Å². The highest BCUT2D eigenvalue weighted by Gasteiger charge is 2.25. The van der Waals surface area contributed by atoms with Crippen LogP contribution in [0.4, 0.5) is 0 Å². The molecule has 4 aromatic heterocycles. The maximum Gasteiger partial charge on any atom is 0.0455 e. The minimum atomic E-state index is 0.225. The molecule has 0 aliphatic heterocycles. The smallest absolute Gasteiger partial charge is 0.0455 e. The topological polar surface area (TPSA) is 0 Å². The zero-order valence-electron chi connectivity index (χ0n) is 25.4. The van der Waals surface area contributed by atoms with Gasteiger partial charge in [0.15, 0.2) is 0 Å². The molecule has 0 aliphatic rings. The largest absolute Gasteiger partial charge is 0.141 e. The second-order valence-electron chi connectivity index (χ2n) is 12.8. The zero-order chi connectivity index (χ0) is 29.7. The average molecular weight is 633 g/mol. The van der Waals surface area contributed by atoms with Crippen molar-refractivity contribution in [3.05, 3.63) is 118 Å². The molecule has 7 aromatic rings. The molecule has 0 aliphatic carbocycles. The van der Waals surface area contributed by atoms with E-state index in [4.69, 9.17) is 0 Å². The third-order valence-electron chi connectivity index (χ3n) is 8.53. The normalized spacial score (nSPS) is 12.9. The molecule has 7 rings (SSSR count). The molecule has 0 nitrogen and oxygen atoms in total. The van der Waals surface area contributed by atoms with Crippen LogP contribution in [0.5, 0.6) is 0 Å². The van der Waals surface area contributed by atoms with Gasteiger partial charge in [0.05, 0.1) is 0 Å². The third-order valence-corrected chi connectivity index (χ3v) is 13.0. The number of benzene rings is 3. The van der Waals surface area contributed by atoms with Crippen LogP contribution in [0.1, 0.15) is 41.7 Å². The first-order valence-corrected chi connectivity index (χ1v) is 18.2. The Morgan fingerprint density at radius 1 is 0.488 bits per heavy atom. The summed E-state index contributed by atoms with van der Waals surface area (Å²) in [5.41, 5.74) is 5.71. The first kappa shape index (κ1) is 28.7. The number of fused-ring (bicyclic) bond motifs is 2. The summed E-state index contributed by atoms with van der Waals surface area (Å²) in [4.78, 5) is 8.16. The summed E-state index contributed by atoms with van der Waals surface area (Å²) < 4.78 is 2.76. The molecule has 0 fully saturated rings. The van der Waals surface area contributed by atoms with Gasteiger partial charge in [-0.25, -0.2) is 0 Å². The predicted molar refractivity (Wildman–Crippen MR) is 196 cm³/mol. The first-order valence-electron chi connectivity index (χ1n) is 15.0. The van der Waals surface area contributed by atoms with Crippen LogP contribution in [0, 0.1) is 25.2 Å². The molecule has 0 saturated heterocycles. The lowest BCUT2D eigenvalue weighted by Gasteiger charge is -2.31. The van der Waals surface area contributed by atoms with E-state index in [1.807, 2.05) is 45.3 Å². The maximum atomic E-state index is 2.39. The van der Waals surface area contributed by atoms with Crippen molar-refractivity contribution in [2.45, 2.75) is 47.5 Å². The van der Waals surface area contributed by atoms with Gasteiger partial charge in [0, 0.05) is 38.7 Å². The molecule has 4 heterocycles. The first-order chi connectivity index (χ1) is 20.7. The van der Waals surface area contributed by atoms with Crippen LogP contribution in [0.3, 0.4) is 0 Å². The molecule has 1 atom stereocenters. The van der Waals surface area contributed by atoms with Crippen LogP contribution >= 0.6 is 45.3 Å². The average Bonchev–Trinajstić information content (AvgIpc) is 3.77. The minimum Gasteiger partial charge on any atom is -0.141 e. The van der Waals surface area contributed by atoms with Crippen molar-refractivity contribution in [3.8, 4) is 30.6 Å². The maximum absolute atomic E-state index is 2.39. The van der Waals surface area contributed by atoms with E-state index in [0.29, 0.717) is 5.92 Å². The van der Waals surface area contributed by atoms with Crippen molar-refractivity contribution in [1.82, 2.24) is 0 Å². The van der Waals surface area contributed by atoms with Gasteiger partial charge in [-0.1, -0.05) is 69.3 Å². The van der Waals surface area contributed by atoms with E-state index in [1.54, 1.807) is 0 Å². The van der Waals surface area contributed by atoms with Gasteiger partial charge in [-0.2, -0.15) is 0 Å². The van der Waals surface area contributed by atoms with Crippen LogP contribution < -0.4 is 0 Å². The van der Waals surface area contributed by atoms with Gasteiger partial charge in [-0.3, -0.25) is 0 Å². The highest BCUT2D eigenvalue weighted by Crippen LogP contribution is 2.42. The van der Waals surface area contributed by atoms with Gasteiger partial charge in [0.2, 0.25) is 0 Å². The highest BCUT2D eigenvalue weighted by molar-refractivity contribution is 7.27. The second-order valence-corrected chi connectivity index (χ2v) is 17.6. The fourth-order valence-electron chi connectivity index (χ4n) is 5.91. The lowest BCUT2D eigenvalue weighted by atomic mass is 9.74. The van der Waals surface area contributed by atoms with Crippen LogP contribution in [-0.2, 0) is 12.8 Å². The SMILES string of the molecule is Cc1ccc(-c2ccc(CC(Cc3ccc(-c4ccc(-c5cc6cc7sc(C)cc7cc6s5)s4)cc3)C(C)(C)C)cc2)s1. The van der Waals surface area contributed by atoms with Gasteiger partial charge in [-0.15, -0.1) is 45.3 Å². The molecule has 0 N–H and O–H groups in total. The fourth-order valence-corrected chi connectivity index (χ4v) is 9.92. The van der Waals surface area contributed by atoms with E-state index < -0.39 is 0 Å². The fraction of sp³-hybridized carbons (Fsp3) is 0.231. The van der Waals surface area contributed by atoms with E-state index in [0.717, 1.165) is 12.8 Å². The van der Waals surface area contributed by atoms with E-state index in [-0.39, 0.29) is 5.41 Å². The summed E-state index contributed by atoms with van der Waals surface area (Å²) in [5, 5.41) is 2.72. The van der Waals surface area contributed by atoms with E-state index in [2.05, 4.69) is 132 Å². The molecular formula is C39H36S4. The van der Waals surface area contributed by atoms with Gasteiger partial charge >= 0.3 is 0 Å². The molecule has 216 valence electrons. The van der Waals surface area contributed by atoms with Crippen molar-refractivity contribution in [2.75, 3.05) is 0 Å². The van der Waals surface area contributed by atoms with Crippen molar-refractivity contribution in [1.29, 1.82) is 0 Å². The van der Waals surface area contributed by atoms with Gasteiger partial charge in [0.1, 0.15) is 0 Å². The number of rotatable bonds is 7. The predicted octanol–water partition coefficient (Wildman–Crippen LogP) is 13.3. The Kier molecular flexibility index (Phi) is 7.67. The molecule has 0 bridgehead atoms. The quantitative estimate of drug-likeness (QED) is 0.164. The second kappa shape index (κ2) is 11.5. The van der Waals surface area contributed by atoms with E-state index >= 15 is 0 Å². The lowest BCUT2D eigenvalue weighted by Crippen LogP contribution is -2.25. The number of aryl methyl sites for hydroxylation is 2. The molecular weight excluding hydrogens is 597 g/mol. The molecule has 0 spiro atoms. The number of hydrogen-bond acceptors (Lipinski definition) is 4. The summed E-state index contributed by atoms with van der Waals surface area (Å²) in [6, 6.07) is 37.0. The van der Waals surface area contributed by atoms with Crippen LogP contribution in [0.2, 0.25) is 0 Å². The summed E-state index contributed by atoms with van der Waals surface area (Å²) in [7, 11) is 0. The van der Waals surface area contributed by atoms with Crippen molar-refractivity contribution in [2.24, 2.45) is 11.3 Å². The Balaban J connectivity index is 1.06. The molecule has 4 heteroatoms. The summed E-state index contributed by atoms with van der Waals surface area (Å²) in [6.45, 7) is 11.5. The molecule has 0 saturated carbocycles. The Morgan fingerprint density at radius 3 is 1.60 bits per heavy atom. The lowest BCUT2D eigenvalue weighted by molar-refractivity contribution is 0.237. The Bertz CT molecular complexity index is 1970. The van der Waals surface area contributed by atoms with E-state index in [1.165, 1.54) is 71.7 Å². The van der Waals surface area contributed by atoms with Gasteiger partial charge in [0.25, 0.3) is 0 Å². The molecule has 1 unspecified atom stereocenters. The number of hydrogen-bond donors (Lipinski definition) is 0. The Labute approximate surface area is 271 Å². The van der Waals surface area contributed by atoms with Gasteiger partial charge in [-0.05, 0) is 120 Å². The molecule has 0 amide bonds. The van der Waals surface area contributed by atoms with E-state index in [9.17, 15) is 0 Å². The third kappa shape index (κ3) is 6.17. The van der Waals surface area contributed by atoms with Gasteiger partial charge < -0.3 is 0 Å². The summed E-state index contributed by atoms with van der Waals surface area (Å²) in [5.74, 6) is 0.564. The van der Waals surface area contributed by atoms with Crippen LogP contribution in [0.15, 0.2) is 97.1 Å². The highest BCUT2D eigenvalue weighted by atomic mass is 32.1. The molecule has 43 heavy (non-hydrogen) atoms. The van der Waals surface area contributed by atoms with Crippen molar-refractivity contribution >= 4 is 65.5 Å². The summed E-state index contributed by atoms with van der Waals surface area (Å²) >= 11 is 7.57. The van der Waals surface area contributed by atoms with Crippen LogP contribution in [0.25, 0.3) is 50.8 Å². The standard InChI is InChI=1S/C39H36S4/c1-24-6-15-33(40-24)28-11-7-26(8-12-28)19-32(39(3,4)5)20-27-9-13-29(14-10-27)34-16-17-35(42-34)38-23-31-22-36-30(18-25(2)41-36)21-37(31)43-38/h6-18,21-23,32H,19-20H2,1-5H3.